The molecule has 0 radical (unpaired) electrons. The van der Waals surface area contributed by atoms with Crippen LogP contribution in [0.25, 0.3) is 0 Å². The number of anilines is 1. The molecule has 3 rings (SSSR count). The van der Waals surface area contributed by atoms with Gasteiger partial charge in [0, 0.05) is 58.2 Å². The van der Waals surface area contributed by atoms with Gasteiger partial charge in [0.2, 0.25) is 0 Å². The largest absolute Gasteiger partial charge is 0.381 e. The Hall–Kier alpha value is -1.17. The van der Waals surface area contributed by atoms with Crippen LogP contribution in [0, 0.1) is 5.92 Å². The van der Waals surface area contributed by atoms with Gasteiger partial charge in [0.25, 0.3) is 0 Å². The zero-order valence-corrected chi connectivity index (χ0v) is 12.7. The van der Waals surface area contributed by atoms with Crippen molar-refractivity contribution in [2.75, 3.05) is 50.8 Å². The molecule has 5 heteroatoms. The van der Waals surface area contributed by atoms with Crippen LogP contribution < -0.4 is 10.6 Å². The average molecular weight is 290 g/mol. The Balaban J connectivity index is 1.56. The van der Waals surface area contributed by atoms with Gasteiger partial charge in [-0.2, -0.15) is 0 Å². The Kier molecular flexibility index (Phi) is 5.06. The fourth-order valence-electron chi connectivity index (χ4n) is 3.56. The number of ether oxygens (including phenoxy) is 1. The smallest absolute Gasteiger partial charge is 0.128 e. The number of rotatable bonds is 4. The summed E-state index contributed by atoms with van der Waals surface area (Å²) < 4.78 is 5.48. The minimum atomic E-state index is 0.514. The summed E-state index contributed by atoms with van der Waals surface area (Å²) in [4.78, 5) is 9.40. The molecule has 0 bridgehead atoms. The molecular formula is C16H26N4O. The average Bonchev–Trinajstić information content (AvgIpc) is 2.58. The summed E-state index contributed by atoms with van der Waals surface area (Å²) in [7, 11) is 0. The highest BCUT2D eigenvalue weighted by Crippen LogP contribution is 2.24. The van der Waals surface area contributed by atoms with Crippen molar-refractivity contribution in [2.45, 2.75) is 18.9 Å². The maximum Gasteiger partial charge on any atom is 0.128 e. The number of nitrogens with two attached hydrogens (primary N) is 1. The van der Waals surface area contributed by atoms with E-state index in [1.807, 2.05) is 12.3 Å². The van der Waals surface area contributed by atoms with Gasteiger partial charge in [-0.05, 0) is 30.9 Å². The van der Waals surface area contributed by atoms with Gasteiger partial charge in [-0.15, -0.1) is 0 Å². The summed E-state index contributed by atoms with van der Waals surface area (Å²) in [6.07, 6.45) is 4.18. The summed E-state index contributed by atoms with van der Waals surface area (Å²) in [5.41, 5.74) is 6.07. The first kappa shape index (κ1) is 14.8. The Labute approximate surface area is 127 Å². The van der Waals surface area contributed by atoms with Crippen molar-refractivity contribution in [3.8, 4) is 0 Å². The maximum atomic E-state index is 6.07. The second-order valence-corrected chi connectivity index (χ2v) is 5.96. The normalized spacial score (nSPS) is 23.2. The molecular weight excluding hydrogens is 264 g/mol. The third-order valence-electron chi connectivity index (χ3n) is 4.81. The van der Waals surface area contributed by atoms with E-state index in [4.69, 9.17) is 10.5 Å². The van der Waals surface area contributed by atoms with Crippen LogP contribution in [0.4, 0.5) is 5.82 Å². The predicted molar refractivity (Wildman–Crippen MR) is 84.4 cm³/mol. The molecule has 5 nitrogen and oxygen atoms in total. The Morgan fingerprint density at radius 1 is 1.19 bits per heavy atom. The van der Waals surface area contributed by atoms with Gasteiger partial charge < -0.3 is 15.4 Å². The van der Waals surface area contributed by atoms with Gasteiger partial charge >= 0.3 is 0 Å². The minimum absolute atomic E-state index is 0.514. The number of piperazine rings is 1. The van der Waals surface area contributed by atoms with Crippen LogP contribution in [-0.4, -0.2) is 61.9 Å². The SMILES string of the molecule is NCC(C1CCOCC1)N1CCN(c2ccccn2)CC1. The number of nitrogens with zero attached hydrogens (tertiary/aromatic N) is 3. The molecule has 116 valence electrons. The van der Waals surface area contributed by atoms with Crippen LogP contribution in [0.5, 0.6) is 0 Å². The molecule has 1 aromatic heterocycles. The van der Waals surface area contributed by atoms with E-state index in [1.165, 1.54) is 0 Å². The monoisotopic (exact) mass is 290 g/mol. The quantitative estimate of drug-likeness (QED) is 0.895. The maximum absolute atomic E-state index is 6.07. The fourth-order valence-corrected chi connectivity index (χ4v) is 3.56. The van der Waals surface area contributed by atoms with Crippen LogP contribution in [0.3, 0.4) is 0 Å². The summed E-state index contributed by atoms with van der Waals surface area (Å²) in [5, 5.41) is 0. The van der Waals surface area contributed by atoms with Gasteiger partial charge in [0.1, 0.15) is 5.82 Å². The summed E-state index contributed by atoms with van der Waals surface area (Å²) in [6.45, 7) is 6.79. The van der Waals surface area contributed by atoms with Crippen molar-refractivity contribution in [3.63, 3.8) is 0 Å². The van der Waals surface area contributed by atoms with E-state index < -0.39 is 0 Å². The molecule has 1 aromatic rings. The van der Waals surface area contributed by atoms with E-state index >= 15 is 0 Å². The molecule has 0 aliphatic carbocycles. The molecule has 2 N–H and O–H groups in total. The molecule has 0 amide bonds. The highest BCUT2D eigenvalue weighted by Gasteiger charge is 2.30. The van der Waals surface area contributed by atoms with Gasteiger partial charge in [0.05, 0.1) is 0 Å². The lowest BCUT2D eigenvalue weighted by Crippen LogP contribution is -2.55. The van der Waals surface area contributed by atoms with Crippen LogP contribution in [0.1, 0.15) is 12.8 Å². The van der Waals surface area contributed by atoms with Gasteiger partial charge in [-0.25, -0.2) is 4.98 Å². The molecule has 1 unspecified atom stereocenters. The zero-order valence-electron chi connectivity index (χ0n) is 12.7. The van der Waals surface area contributed by atoms with Crippen molar-refractivity contribution in [3.05, 3.63) is 24.4 Å². The number of pyridine rings is 1. The van der Waals surface area contributed by atoms with E-state index in [0.29, 0.717) is 12.0 Å². The predicted octanol–water partition coefficient (Wildman–Crippen LogP) is 0.958. The zero-order chi connectivity index (χ0) is 14.5. The second-order valence-electron chi connectivity index (χ2n) is 5.96. The topological polar surface area (TPSA) is 54.6 Å². The molecule has 2 fully saturated rings. The molecule has 0 spiro atoms. The second kappa shape index (κ2) is 7.20. The highest BCUT2D eigenvalue weighted by molar-refractivity contribution is 5.38. The van der Waals surface area contributed by atoms with Crippen LogP contribution in [-0.2, 0) is 4.74 Å². The first-order chi connectivity index (χ1) is 10.4. The molecule has 0 saturated carbocycles. The van der Waals surface area contributed by atoms with Crippen LogP contribution in [0.2, 0.25) is 0 Å². The molecule has 0 aromatic carbocycles. The fraction of sp³-hybridized carbons (Fsp3) is 0.688. The molecule has 21 heavy (non-hydrogen) atoms. The van der Waals surface area contributed by atoms with Crippen molar-refractivity contribution in [1.29, 1.82) is 0 Å². The number of aromatic nitrogens is 1. The first-order valence-corrected chi connectivity index (χ1v) is 8.06. The Morgan fingerprint density at radius 2 is 1.95 bits per heavy atom. The minimum Gasteiger partial charge on any atom is -0.381 e. The third-order valence-corrected chi connectivity index (χ3v) is 4.81. The molecule has 2 saturated heterocycles. The van der Waals surface area contributed by atoms with Gasteiger partial charge in [0.15, 0.2) is 0 Å². The van der Waals surface area contributed by atoms with Crippen molar-refractivity contribution >= 4 is 5.82 Å². The van der Waals surface area contributed by atoms with Gasteiger partial charge in [-0.3, -0.25) is 4.90 Å². The molecule has 1 atom stereocenters. The lowest BCUT2D eigenvalue weighted by Gasteiger charge is -2.43. The van der Waals surface area contributed by atoms with Crippen molar-refractivity contribution in [2.24, 2.45) is 11.7 Å². The summed E-state index contributed by atoms with van der Waals surface area (Å²) in [6, 6.07) is 6.63. The first-order valence-electron chi connectivity index (χ1n) is 8.06. The third kappa shape index (κ3) is 3.54. The summed E-state index contributed by atoms with van der Waals surface area (Å²) >= 11 is 0. The number of hydrogen-bond donors (Lipinski definition) is 1. The van der Waals surface area contributed by atoms with Crippen molar-refractivity contribution < 1.29 is 4.74 Å². The van der Waals surface area contributed by atoms with E-state index in [2.05, 4.69) is 26.9 Å². The standard InChI is InChI=1S/C16H26N4O/c17-13-15(14-4-11-21-12-5-14)19-7-9-20(10-8-19)16-3-1-2-6-18-16/h1-3,6,14-15H,4-5,7-13,17H2. The Morgan fingerprint density at radius 3 is 2.57 bits per heavy atom. The van der Waals surface area contributed by atoms with E-state index in [-0.39, 0.29) is 0 Å². The summed E-state index contributed by atoms with van der Waals surface area (Å²) in [5.74, 6) is 1.79. The highest BCUT2D eigenvalue weighted by atomic mass is 16.5. The van der Waals surface area contributed by atoms with Gasteiger partial charge in [-0.1, -0.05) is 6.07 Å². The van der Waals surface area contributed by atoms with E-state index in [9.17, 15) is 0 Å². The lowest BCUT2D eigenvalue weighted by atomic mass is 9.90. The molecule has 2 aliphatic heterocycles. The van der Waals surface area contributed by atoms with E-state index in [0.717, 1.165) is 64.6 Å². The van der Waals surface area contributed by atoms with Crippen LogP contribution >= 0.6 is 0 Å². The van der Waals surface area contributed by atoms with Crippen LogP contribution in [0.15, 0.2) is 24.4 Å². The number of hydrogen-bond acceptors (Lipinski definition) is 5. The van der Waals surface area contributed by atoms with Crippen molar-refractivity contribution in [1.82, 2.24) is 9.88 Å². The lowest BCUT2D eigenvalue weighted by molar-refractivity contribution is 0.0261. The molecule has 3 heterocycles. The van der Waals surface area contributed by atoms with E-state index in [1.54, 1.807) is 0 Å². The Bertz CT molecular complexity index is 414. The molecule has 2 aliphatic rings.